The Balaban J connectivity index is 1.60. The molecule has 10 heteroatoms. The van der Waals surface area contributed by atoms with Crippen LogP contribution in [0.4, 0.5) is 0 Å². The molecule has 1 aliphatic heterocycles. The predicted molar refractivity (Wildman–Crippen MR) is 111 cm³/mol. The maximum absolute atomic E-state index is 12.7. The average molecular weight is 441 g/mol. The van der Waals surface area contributed by atoms with E-state index in [2.05, 4.69) is 5.10 Å². The smallest absolute Gasteiger partial charge is 0.253 e. The quantitative estimate of drug-likeness (QED) is 0.687. The molecule has 0 spiro atoms. The molecule has 3 rings (SSSR count). The Kier molecular flexibility index (Phi) is 6.50. The van der Waals surface area contributed by atoms with Crippen molar-refractivity contribution in [3.63, 3.8) is 0 Å². The summed E-state index contributed by atoms with van der Waals surface area (Å²) in [6.07, 6.45) is 5.88. The first-order chi connectivity index (χ1) is 13.6. The van der Waals surface area contributed by atoms with Gasteiger partial charge in [-0.15, -0.1) is 0 Å². The molecular formula is C19H25ClN4O4S. The Hall–Kier alpha value is -2.10. The third-order valence-corrected chi connectivity index (χ3v) is 6.47. The van der Waals surface area contributed by atoms with Crippen LogP contribution in [0.1, 0.15) is 28.8 Å². The average Bonchev–Trinajstić information content (AvgIpc) is 3.07. The highest BCUT2D eigenvalue weighted by Gasteiger charge is 2.26. The van der Waals surface area contributed by atoms with Gasteiger partial charge in [-0.25, -0.2) is 12.7 Å². The standard InChI is InChI=1S/C19H25ClN4O4S/c1-22(12-14-11-21-23(2)13-14)19(25)15-4-5-18(17(20)10-15)28-16-6-8-24(9-7-16)29(3,26)27/h4-5,10-11,13,16H,6-9,12H2,1-3H3. The number of benzene rings is 1. The van der Waals surface area contributed by atoms with Gasteiger partial charge in [-0.1, -0.05) is 11.6 Å². The van der Waals surface area contributed by atoms with Crippen LogP contribution < -0.4 is 4.74 Å². The van der Waals surface area contributed by atoms with E-state index in [1.807, 2.05) is 13.2 Å². The summed E-state index contributed by atoms with van der Waals surface area (Å²) in [6, 6.07) is 4.98. The van der Waals surface area contributed by atoms with Gasteiger partial charge in [0, 0.05) is 51.1 Å². The van der Waals surface area contributed by atoms with Crippen molar-refractivity contribution in [3.05, 3.63) is 46.7 Å². The number of sulfonamides is 1. The van der Waals surface area contributed by atoms with Crippen molar-refractivity contribution < 1.29 is 17.9 Å². The fourth-order valence-corrected chi connectivity index (χ4v) is 4.41. The summed E-state index contributed by atoms with van der Waals surface area (Å²) in [5.74, 6) is 0.347. The van der Waals surface area contributed by atoms with Crippen LogP contribution in [0.3, 0.4) is 0 Å². The van der Waals surface area contributed by atoms with E-state index < -0.39 is 10.0 Å². The molecule has 2 aromatic rings. The first-order valence-electron chi connectivity index (χ1n) is 9.28. The Morgan fingerprint density at radius 2 is 2.03 bits per heavy atom. The van der Waals surface area contributed by atoms with Crippen LogP contribution in [0.5, 0.6) is 5.75 Å². The molecule has 1 saturated heterocycles. The second-order valence-corrected chi connectivity index (χ2v) is 9.70. The summed E-state index contributed by atoms with van der Waals surface area (Å²) in [7, 11) is 0.383. The Bertz CT molecular complexity index is 984. The number of aromatic nitrogens is 2. The van der Waals surface area contributed by atoms with Crippen molar-refractivity contribution in [3.8, 4) is 5.75 Å². The fraction of sp³-hybridized carbons (Fsp3) is 0.474. The zero-order valence-corrected chi connectivity index (χ0v) is 18.3. The van der Waals surface area contributed by atoms with Crippen LogP contribution >= 0.6 is 11.6 Å². The normalized spacial score (nSPS) is 16.0. The first-order valence-corrected chi connectivity index (χ1v) is 11.5. The van der Waals surface area contributed by atoms with Gasteiger partial charge < -0.3 is 9.64 Å². The second kappa shape index (κ2) is 8.73. The molecule has 0 saturated carbocycles. The molecule has 2 heterocycles. The Morgan fingerprint density at radius 1 is 1.34 bits per heavy atom. The molecule has 0 aliphatic carbocycles. The minimum atomic E-state index is -3.17. The van der Waals surface area contributed by atoms with Gasteiger partial charge in [0.1, 0.15) is 11.9 Å². The number of halogens is 1. The molecule has 1 aromatic heterocycles. The SMILES string of the molecule is CN(Cc1cnn(C)c1)C(=O)c1ccc(OC2CCN(S(C)(=O)=O)CC2)c(Cl)c1. The number of ether oxygens (including phenoxy) is 1. The minimum Gasteiger partial charge on any atom is -0.489 e. The maximum atomic E-state index is 12.7. The van der Waals surface area contributed by atoms with Crippen LogP contribution in [-0.4, -0.2) is 65.8 Å². The molecule has 0 radical (unpaired) electrons. The largest absolute Gasteiger partial charge is 0.489 e. The highest BCUT2D eigenvalue weighted by molar-refractivity contribution is 7.88. The molecule has 1 aliphatic rings. The van der Waals surface area contributed by atoms with Gasteiger partial charge in [-0.2, -0.15) is 5.10 Å². The van der Waals surface area contributed by atoms with Crippen LogP contribution in [0.25, 0.3) is 0 Å². The zero-order valence-electron chi connectivity index (χ0n) is 16.7. The van der Waals surface area contributed by atoms with Crippen LogP contribution in [-0.2, 0) is 23.6 Å². The maximum Gasteiger partial charge on any atom is 0.253 e. The van der Waals surface area contributed by atoms with Gasteiger partial charge in [-0.3, -0.25) is 9.48 Å². The topological polar surface area (TPSA) is 84.7 Å². The third-order valence-electron chi connectivity index (χ3n) is 4.87. The molecule has 1 fully saturated rings. The fourth-order valence-electron chi connectivity index (χ4n) is 3.31. The molecule has 1 amide bonds. The lowest BCUT2D eigenvalue weighted by Gasteiger charge is -2.30. The van der Waals surface area contributed by atoms with E-state index in [0.29, 0.717) is 48.8 Å². The minimum absolute atomic E-state index is 0.111. The predicted octanol–water partition coefficient (Wildman–Crippen LogP) is 2.15. The highest BCUT2D eigenvalue weighted by Crippen LogP contribution is 2.29. The van der Waals surface area contributed by atoms with E-state index >= 15 is 0 Å². The zero-order chi connectivity index (χ0) is 21.2. The van der Waals surface area contributed by atoms with Gasteiger partial charge in [0.2, 0.25) is 10.0 Å². The Morgan fingerprint density at radius 3 is 2.59 bits per heavy atom. The number of rotatable bonds is 6. The lowest BCUT2D eigenvalue weighted by Crippen LogP contribution is -2.41. The van der Waals surface area contributed by atoms with Crippen molar-refractivity contribution in [2.24, 2.45) is 7.05 Å². The van der Waals surface area contributed by atoms with Gasteiger partial charge in [0.05, 0.1) is 17.5 Å². The van der Waals surface area contributed by atoms with Gasteiger partial charge in [-0.05, 0) is 31.0 Å². The van der Waals surface area contributed by atoms with Crippen LogP contribution in [0, 0.1) is 0 Å². The molecule has 8 nitrogen and oxygen atoms in total. The number of hydrogen-bond acceptors (Lipinski definition) is 5. The van der Waals surface area contributed by atoms with Crippen molar-refractivity contribution >= 4 is 27.5 Å². The summed E-state index contributed by atoms with van der Waals surface area (Å²) >= 11 is 6.35. The van der Waals surface area contributed by atoms with Crippen molar-refractivity contribution in [2.75, 3.05) is 26.4 Å². The number of carbonyl (C=O) groups is 1. The molecule has 1 aromatic carbocycles. The summed E-state index contributed by atoms with van der Waals surface area (Å²) in [4.78, 5) is 14.3. The van der Waals surface area contributed by atoms with Crippen LogP contribution in [0.2, 0.25) is 5.02 Å². The number of nitrogens with zero attached hydrogens (tertiary/aromatic N) is 4. The van der Waals surface area contributed by atoms with E-state index in [9.17, 15) is 13.2 Å². The second-order valence-electron chi connectivity index (χ2n) is 7.31. The molecule has 0 bridgehead atoms. The molecule has 158 valence electrons. The number of carbonyl (C=O) groups excluding carboxylic acids is 1. The molecule has 0 atom stereocenters. The third kappa shape index (κ3) is 5.49. The molecular weight excluding hydrogens is 416 g/mol. The summed E-state index contributed by atoms with van der Waals surface area (Å²) in [5, 5.41) is 4.46. The number of piperidine rings is 1. The number of amides is 1. The molecule has 0 N–H and O–H groups in total. The lowest BCUT2D eigenvalue weighted by atomic mass is 10.1. The van der Waals surface area contributed by atoms with E-state index in [4.69, 9.17) is 16.3 Å². The van der Waals surface area contributed by atoms with E-state index in [-0.39, 0.29) is 12.0 Å². The number of aryl methyl sites for hydroxylation is 1. The highest BCUT2D eigenvalue weighted by atomic mass is 35.5. The molecule has 29 heavy (non-hydrogen) atoms. The van der Waals surface area contributed by atoms with E-state index in [0.717, 1.165) is 5.56 Å². The van der Waals surface area contributed by atoms with E-state index in [1.54, 1.807) is 41.0 Å². The number of hydrogen-bond donors (Lipinski definition) is 0. The Labute approximate surface area is 176 Å². The first kappa shape index (κ1) is 21.6. The van der Waals surface area contributed by atoms with Crippen molar-refractivity contribution in [1.29, 1.82) is 0 Å². The lowest BCUT2D eigenvalue weighted by molar-refractivity contribution is 0.0785. The van der Waals surface area contributed by atoms with Gasteiger partial charge >= 0.3 is 0 Å². The van der Waals surface area contributed by atoms with Gasteiger partial charge in [0.15, 0.2) is 0 Å². The van der Waals surface area contributed by atoms with Gasteiger partial charge in [0.25, 0.3) is 5.91 Å². The monoisotopic (exact) mass is 440 g/mol. The van der Waals surface area contributed by atoms with Crippen LogP contribution in [0.15, 0.2) is 30.6 Å². The summed E-state index contributed by atoms with van der Waals surface area (Å²) < 4.78 is 32.3. The van der Waals surface area contributed by atoms with E-state index in [1.165, 1.54) is 10.6 Å². The summed E-state index contributed by atoms with van der Waals surface area (Å²) in [6.45, 7) is 1.30. The van der Waals surface area contributed by atoms with Crippen molar-refractivity contribution in [2.45, 2.75) is 25.5 Å². The summed E-state index contributed by atoms with van der Waals surface area (Å²) in [5.41, 5.74) is 1.41. The van der Waals surface area contributed by atoms with Crippen molar-refractivity contribution in [1.82, 2.24) is 19.0 Å². The molecule has 0 unspecified atom stereocenters.